The van der Waals surface area contributed by atoms with E-state index in [1.165, 1.54) is 25.7 Å². The fourth-order valence-electron chi connectivity index (χ4n) is 2.35. The SMILES string of the molecule is CCC1CCC2(C)CC1O2. The molecular weight excluding hydrogens is 124 g/mol. The van der Waals surface area contributed by atoms with Gasteiger partial charge in [0.1, 0.15) is 0 Å². The van der Waals surface area contributed by atoms with Gasteiger partial charge in [-0.15, -0.1) is 0 Å². The van der Waals surface area contributed by atoms with Crippen LogP contribution in [0.1, 0.15) is 39.5 Å². The molecule has 3 atom stereocenters. The van der Waals surface area contributed by atoms with E-state index in [9.17, 15) is 0 Å². The summed E-state index contributed by atoms with van der Waals surface area (Å²) in [6, 6.07) is 0. The van der Waals surface area contributed by atoms with Crippen molar-refractivity contribution in [2.45, 2.75) is 51.2 Å². The summed E-state index contributed by atoms with van der Waals surface area (Å²) in [5.41, 5.74) is 0.302. The Bertz CT molecular complexity index is 130. The molecule has 0 aromatic rings. The molecule has 0 radical (unpaired) electrons. The summed E-state index contributed by atoms with van der Waals surface area (Å²) < 4.78 is 5.77. The van der Waals surface area contributed by atoms with E-state index >= 15 is 0 Å². The molecule has 2 aliphatic heterocycles. The maximum atomic E-state index is 5.77. The van der Waals surface area contributed by atoms with Gasteiger partial charge in [0.15, 0.2) is 0 Å². The van der Waals surface area contributed by atoms with Gasteiger partial charge in [0.2, 0.25) is 0 Å². The normalized spacial score (nSPS) is 52.2. The van der Waals surface area contributed by atoms with E-state index in [1.807, 2.05) is 0 Å². The fourth-order valence-corrected chi connectivity index (χ4v) is 2.35. The Hall–Kier alpha value is -0.0400. The molecular formula is C9H16O. The van der Waals surface area contributed by atoms with Crippen LogP contribution in [0, 0.1) is 5.92 Å². The summed E-state index contributed by atoms with van der Waals surface area (Å²) in [4.78, 5) is 0. The molecule has 2 saturated heterocycles. The highest BCUT2D eigenvalue weighted by molar-refractivity contribution is 4.98. The summed E-state index contributed by atoms with van der Waals surface area (Å²) in [5.74, 6) is 0.877. The molecule has 2 heterocycles. The van der Waals surface area contributed by atoms with Gasteiger partial charge in [0.05, 0.1) is 11.7 Å². The summed E-state index contributed by atoms with van der Waals surface area (Å²) in [7, 11) is 0. The zero-order valence-corrected chi connectivity index (χ0v) is 6.89. The van der Waals surface area contributed by atoms with Gasteiger partial charge in [-0.3, -0.25) is 0 Å². The van der Waals surface area contributed by atoms with Crippen molar-refractivity contribution in [3.63, 3.8) is 0 Å². The first kappa shape index (κ1) is 6.66. The molecule has 2 bridgehead atoms. The van der Waals surface area contributed by atoms with Crippen molar-refractivity contribution in [3.05, 3.63) is 0 Å². The molecule has 1 aliphatic carbocycles. The lowest BCUT2D eigenvalue weighted by molar-refractivity contribution is -0.249. The van der Waals surface area contributed by atoms with Gasteiger partial charge in [-0.05, 0) is 25.7 Å². The van der Waals surface area contributed by atoms with Crippen LogP contribution in [-0.2, 0) is 4.74 Å². The van der Waals surface area contributed by atoms with Crippen molar-refractivity contribution in [2.75, 3.05) is 0 Å². The number of ether oxygens (including phenoxy) is 1. The molecule has 3 unspecified atom stereocenters. The van der Waals surface area contributed by atoms with Crippen LogP contribution in [-0.4, -0.2) is 11.7 Å². The van der Waals surface area contributed by atoms with Crippen molar-refractivity contribution < 1.29 is 4.74 Å². The minimum Gasteiger partial charge on any atom is -0.372 e. The van der Waals surface area contributed by atoms with Gasteiger partial charge >= 0.3 is 0 Å². The van der Waals surface area contributed by atoms with Crippen LogP contribution in [0.3, 0.4) is 0 Å². The summed E-state index contributed by atoms with van der Waals surface area (Å²) in [6.45, 7) is 4.52. The number of rotatable bonds is 1. The minimum atomic E-state index is 0.302. The van der Waals surface area contributed by atoms with Crippen molar-refractivity contribution in [1.29, 1.82) is 0 Å². The minimum absolute atomic E-state index is 0.302. The fraction of sp³-hybridized carbons (Fsp3) is 1.00. The molecule has 1 nitrogen and oxygen atoms in total. The zero-order valence-electron chi connectivity index (χ0n) is 6.89. The highest BCUT2D eigenvalue weighted by atomic mass is 16.5. The van der Waals surface area contributed by atoms with Gasteiger partial charge in [0.25, 0.3) is 0 Å². The molecule has 3 aliphatic rings. The molecule has 58 valence electrons. The van der Waals surface area contributed by atoms with Crippen LogP contribution in [0.15, 0.2) is 0 Å². The average Bonchev–Trinajstić information content (AvgIpc) is 1.86. The topological polar surface area (TPSA) is 9.23 Å². The Balaban J connectivity index is 1.98. The number of hydrogen-bond acceptors (Lipinski definition) is 1. The molecule has 1 heteroatoms. The van der Waals surface area contributed by atoms with Gasteiger partial charge in [-0.2, -0.15) is 0 Å². The second-order valence-electron chi connectivity index (χ2n) is 4.02. The monoisotopic (exact) mass is 140 g/mol. The van der Waals surface area contributed by atoms with E-state index in [-0.39, 0.29) is 0 Å². The number of hydrogen-bond donors (Lipinski definition) is 0. The molecule has 0 aromatic carbocycles. The summed E-state index contributed by atoms with van der Waals surface area (Å²) >= 11 is 0. The van der Waals surface area contributed by atoms with E-state index in [2.05, 4.69) is 13.8 Å². The molecule has 10 heavy (non-hydrogen) atoms. The molecule has 0 N–H and O–H groups in total. The van der Waals surface area contributed by atoms with Crippen LogP contribution in [0.25, 0.3) is 0 Å². The van der Waals surface area contributed by atoms with Crippen LogP contribution in [0.2, 0.25) is 0 Å². The highest BCUT2D eigenvalue weighted by Gasteiger charge is 2.48. The quantitative estimate of drug-likeness (QED) is 0.543. The van der Waals surface area contributed by atoms with E-state index in [4.69, 9.17) is 4.74 Å². The molecule has 1 saturated carbocycles. The van der Waals surface area contributed by atoms with Gasteiger partial charge in [0, 0.05) is 6.42 Å². The second kappa shape index (κ2) is 1.97. The van der Waals surface area contributed by atoms with Gasteiger partial charge in [-0.25, -0.2) is 0 Å². The summed E-state index contributed by atoms with van der Waals surface area (Å²) in [5, 5.41) is 0. The second-order valence-corrected chi connectivity index (χ2v) is 4.02. The van der Waals surface area contributed by atoms with E-state index in [0.29, 0.717) is 11.7 Å². The van der Waals surface area contributed by atoms with Gasteiger partial charge < -0.3 is 4.74 Å². The van der Waals surface area contributed by atoms with Crippen LogP contribution in [0.4, 0.5) is 0 Å². The summed E-state index contributed by atoms with van der Waals surface area (Å²) in [6.07, 6.45) is 5.95. The van der Waals surface area contributed by atoms with Crippen LogP contribution >= 0.6 is 0 Å². The third-order valence-electron chi connectivity index (χ3n) is 3.16. The van der Waals surface area contributed by atoms with Crippen molar-refractivity contribution in [3.8, 4) is 0 Å². The number of fused-ring (bicyclic) bond motifs is 2. The lowest BCUT2D eigenvalue weighted by Gasteiger charge is -2.54. The Morgan fingerprint density at radius 1 is 1.60 bits per heavy atom. The first-order valence-electron chi connectivity index (χ1n) is 4.41. The van der Waals surface area contributed by atoms with Crippen molar-refractivity contribution in [1.82, 2.24) is 0 Å². The Morgan fingerprint density at radius 2 is 2.30 bits per heavy atom. The van der Waals surface area contributed by atoms with E-state index in [1.54, 1.807) is 0 Å². The molecule has 0 amide bonds. The maximum absolute atomic E-state index is 5.77. The van der Waals surface area contributed by atoms with Crippen LogP contribution < -0.4 is 0 Å². The first-order valence-corrected chi connectivity index (χ1v) is 4.41. The third-order valence-corrected chi connectivity index (χ3v) is 3.16. The Morgan fingerprint density at radius 3 is 2.70 bits per heavy atom. The molecule has 0 spiro atoms. The first-order chi connectivity index (χ1) is 4.73. The lowest BCUT2D eigenvalue weighted by Crippen LogP contribution is -2.55. The van der Waals surface area contributed by atoms with Crippen molar-refractivity contribution >= 4 is 0 Å². The van der Waals surface area contributed by atoms with Crippen LogP contribution in [0.5, 0.6) is 0 Å². The zero-order chi connectivity index (χ0) is 7.19. The Kier molecular flexibility index (Phi) is 1.31. The smallest absolute Gasteiger partial charge is 0.0683 e. The maximum Gasteiger partial charge on any atom is 0.0683 e. The largest absolute Gasteiger partial charge is 0.372 e. The van der Waals surface area contributed by atoms with Gasteiger partial charge in [-0.1, -0.05) is 13.3 Å². The average molecular weight is 140 g/mol. The lowest BCUT2D eigenvalue weighted by atomic mass is 9.71. The van der Waals surface area contributed by atoms with E-state index in [0.717, 1.165) is 5.92 Å². The molecule has 3 rings (SSSR count). The molecule has 0 aromatic heterocycles. The van der Waals surface area contributed by atoms with E-state index < -0.39 is 0 Å². The molecule has 3 fully saturated rings. The standard InChI is InChI=1S/C9H16O/c1-3-7-4-5-9(2)6-8(7)10-9/h7-8H,3-6H2,1-2H3. The Labute approximate surface area is 62.8 Å². The third kappa shape index (κ3) is 0.800. The van der Waals surface area contributed by atoms with Crippen molar-refractivity contribution in [2.24, 2.45) is 5.92 Å². The predicted molar refractivity (Wildman–Crippen MR) is 40.9 cm³/mol. The highest BCUT2D eigenvalue weighted by Crippen LogP contribution is 2.47. The predicted octanol–water partition coefficient (Wildman–Crippen LogP) is 2.35.